The number of amides is 1. The number of nitrogens with zero attached hydrogens (tertiary/aromatic N) is 3. The molecule has 0 atom stereocenters. The molecule has 1 fully saturated rings. The predicted octanol–water partition coefficient (Wildman–Crippen LogP) is 2.66. The third kappa shape index (κ3) is 3.73. The van der Waals surface area contributed by atoms with Gasteiger partial charge >= 0.3 is 0 Å². The van der Waals surface area contributed by atoms with E-state index in [1.54, 1.807) is 4.68 Å². The van der Waals surface area contributed by atoms with E-state index in [0.717, 1.165) is 44.0 Å². The number of rotatable bonds is 4. The molecule has 122 valence electrons. The zero-order valence-corrected chi connectivity index (χ0v) is 13.7. The molecule has 0 radical (unpaired) electrons. The first kappa shape index (κ1) is 15.6. The fourth-order valence-electron chi connectivity index (χ4n) is 3.01. The second kappa shape index (κ2) is 6.86. The van der Waals surface area contributed by atoms with E-state index in [9.17, 15) is 4.79 Å². The summed E-state index contributed by atoms with van der Waals surface area (Å²) in [5, 5.41) is 4.25. The van der Waals surface area contributed by atoms with Gasteiger partial charge in [-0.1, -0.05) is 18.2 Å². The van der Waals surface area contributed by atoms with Crippen LogP contribution < -0.4 is 4.74 Å². The Hall–Kier alpha value is -2.30. The summed E-state index contributed by atoms with van der Waals surface area (Å²) < 4.78 is 7.50. The van der Waals surface area contributed by atoms with Gasteiger partial charge in [0.25, 0.3) is 5.91 Å². The Morgan fingerprint density at radius 1 is 1.26 bits per heavy atom. The van der Waals surface area contributed by atoms with Gasteiger partial charge in [0, 0.05) is 20.1 Å². The predicted molar refractivity (Wildman–Crippen MR) is 88.5 cm³/mol. The Labute approximate surface area is 136 Å². The third-order valence-electron chi connectivity index (χ3n) is 4.35. The number of hydrogen-bond donors (Lipinski definition) is 0. The van der Waals surface area contributed by atoms with Gasteiger partial charge in [0.1, 0.15) is 11.4 Å². The fraction of sp³-hybridized carbons (Fsp3) is 0.444. The third-order valence-corrected chi connectivity index (χ3v) is 4.35. The normalized spacial score (nSPS) is 15.7. The molecule has 2 aromatic rings. The Kier molecular flexibility index (Phi) is 4.65. The summed E-state index contributed by atoms with van der Waals surface area (Å²) in [7, 11) is 1.82. The molecule has 1 amide bonds. The molecule has 0 spiro atoms. The quantitative estimate of drug-likeness (QED) is 0.872. The lowest BCUT2D eigenvalue weighted by molar-refractivity contribution is 0.0650. The van der Waals surface area contributed by atoms with Gasteiger partial charge in [0.05, 0.1) is 12.3 Å². The minimum atomic E-state index is 0.0792. The minimum absolute atomic E-state index is 0.0792. The van der Waals surface area contributed by atoms with Crippen LogP contribution in [-0.4, -0.2) is 40.3 Å². The number of aryl methyl sites for hydroxylation is 2. The highest BCUT2D eigenvalue weighted by Crippen LogP contribution is 2.21. The Bertz CT molecular complexity index is 658. The fourth-order valence-corrected chi connectivity index (χ4v) is 3.01. The molecule has 1 aromatic heterocycles. The van der Waals surface area contributed by atoms with Gasteiger partial charge in [-0.15, -0.1) is 0 Å². The van der Waals surface area contributed by atoms with E-state index in [-0.39, 0.29) is 5.91 Å². The molecule has 1 aliphatic heterocycles. The zero-order valence-electron chi connectivity index (χ0n) is 13.7. The van der Waals surface area contributed by atoms with Crippen LogP contribution in [0.3, 0.4) is 0 Å². The maximum absolute atomic E-state index is 12.6. The molecule has 1 saturated heterocycles. The van der Waals surface area contributed by atoms with Crippen molar-refractivity contribution < 1.29 is 9.53 Å². The van der Waals surface area contributed by atoms with Gasteiger partial charge < -0.3 is 9.64 Å². The molecule has 0 N–H and O–H groups in total. The summed E-state index contributed by atoms with van der Waals surface area (Å²) in [5.74, 6) is 1.50. The SMILES string of the molecule is Cc1cc(C(=O)N2CCC(COc3ccccc3)CC2)n(C)n1. The number of carbonyl (C=O) groups excluding carboxylic acids is 1. The number of piperidine rings is 1. The largest absolute Gasteiger partial charge is 0.493 e. The van der Waals surface area contributed by atoms with Crippen molar-refractivity contribution in [1.82, 2.24) is 14.7 Å². The van der Waals surface area contributed by atoms with Gasteiger partial charge in [-0.25, -0.2) is 0 Å². The van der Waals surface area contributed by atoms with Gasteiger partial charge in [-0.3, -0.25) is 9.48 Å². The van der Waals surface area contributed by atoms with Crippen LogP contribution in [0.2, 0.25) is 0 Å². The Balaban J connectivity index is 1.50. The number of hydrogen-bond acceptors (Lipinski definition) is 3. The van der Waals surface area contributed by atoms with Crippen LogP contribution in [0.4, 0.5) is 0 Å². The summed E-state index contributed by atoms with van der Waals surface area (Å²) in [5.41, 5.74) is 1.54. The van der Waals surface area contributed by atoms with E-state index >= 15 is 0 Å². The molecule has 0 bridgehead atoms. The van der Waals surface area contributed by atoms with Crippen molar-refractivity contribution in [3.8, 4) is 5.75 Å². The van der Waals surface area contributed by atoms with Gasteiger partial charge in [0.15, 0.2) is 0 Å². The number of aromatic nitrogens is 2. The van der Waals surface area contributed by atoms with Crippen LogP contribution in [-0.2, 0) is 7.05 Å². The van der Waals surface area contributed by atoms with Crippen LogP contribution in [0.25, 0.3) is 0 Å². The standard InChI is InChI=1S/C18H23N3O2/c1-14-12-17(20(2)19-14)18(22)21-10-8-15(9-11-21)13-23-16-6-4-3-5-7-16/h3-7,12,15H,8-11,13H2,1-2H3. The number of likely N-dealkylation sites (tertiary alicyclic amines) is 1. The first-order valence-corrected chi connectivity index (χ1v) is 8.11. The van der Waals surface area contributed by atoms with Crippen molar-refractivity contribution >= 4 is 5.91 Å². The van der Waals surface area contributed by atoms with Crippen LogP contribution in [0.15, 0.2) is 36.4 Å². The van der Waals surface area contributed by atoms with Crippen LogP contribution in [0.1, 0.15) is 29.0 Å². The van der Waals surface area contributed by atoms with Gasteiger partial charge in [-0.2, -0.15) is 5.10 Å². The second-order valence-electron chi connectivity index (χ2n) is 6.15. The molecular weight excluding hydrogens is 290 g/mol. The highest BCUT2D eigenvalue weighted by molar-refractivity contribution is 5.92. The molecule has 23 heavy (non-hydrogen) atoms. The topological polar surface area (TPSA) is 47.4 Å². The second-order valence-corrected chi connectivity index (χ2v) is 6.15. The van der Waals surface area contributed by atoms with Gasteiger partial charge in [-0.05, 0) is 43.9 Å². The number of para-hydroxylation sites is 1. The number of ether oxygens (including phenoxy) is 1. The smallest absolute Gasteiger partial charge is 0.272 e. The molecule has 5 nitrogen and oxygen atoms in total. The van der Waals surface area contributed by atoms with E-state index in [0.29, 0.717) is 11.6 Å². The molecule has 3 rings (SSSR count). The first-order valence-electron chi connectivity index (χ1n) is 8.11. The lowest BCUT2D eigenvalue weighted by atomic mass is 9.97. The van der Waals surface area contributed by atoms with Gasteiger partial charge in [0.2, 0.25) is 0 Å². The van der Waals surface area contributed by atoms with Crippen molar-refractivity contribution in [1.29, 1.82) is 0 Å². The lowest BCUT2D eigenvalue weighted by Gasteiger charge is -2.31. The van der Waals surface area contributed by atoms with E-state index in [4.69, 9.17) is 4.74 Å². The molecule has 0 unspecified atom stereocenters. The highest BCUT2D eigenvalue weighted by Gasteiger charge is 2.25. The summed E-state index contributed by atoms with van der Waals surface area (Å²) >= 11 is 0. The van der Waals surface area contributed by atoms with Crippen molar-refractivity contribution in [2.75, 3.05) is 19.7 Å². The molecular formula is C18H23N3O2. The van der Waals surface area contributed by atoms with Crippen LogP contribution >= 0.6 is 0 Å². The van der Waals surface area contributed by atoms with E-state index in [1.807, 2.05) is 55.3 Å². The maximum atomic E-state index is 12.6. The molecule has 5 heteroatoms. The monoisotopic (exact) mass is 313 g/mol. The van der Waals surface area contributed by atoms with Crippen molar-refractivity contribution in [3.05, 3.63) is 47.8 Å². The van der Waals surface area contributed by atoms with E-state index in [1.165, 1.54) is 0 Å². The number of benzene rings is 1. The molecule has 1 aliphatic rings. The Morgan fingerprint density at radius 2 is 1.96 bits per heavy atom. The van der Waals surface area contributed by atoms with Crippen molar-refractivity contribution in [2.45, 2.75) is 19.8 Å². The average Bonchev–Trinajstić information content (AvgIpc) is 2.92. The summed E-state index contributed by atoms with van der Waals surface area (Å²) in [4.78, 5) is 14.5. The van der Waals surface area contributed by atoms with E-state index in [2.05, 4.69) is 5.10 Å². The van der Waals surface area contributed by atoms with Crippen LogP contribution in [0, 0.1) is 12.8 Å². The van der Waals surface area contributed by atoms with E-state index < -0.39 is 0 Å². The highest BCUT2D eigenvalue weighted by atomic mass is 16.5. The summed E-state index contributed by atoms with van der Waals surface area (Å²) in [6, 6.07) is 11.7. The summed E-state index contributed by atoms with van der Waals surface area (Å²) in [6.45, 7) is 4.19. The minimum Gasteiger partial charge on any atom is -0.493 e. The van der Waals surface area contributed by atoms with Crippen LogP contribution in [0.5, 0.6) is 5.75 Å². The summed E-state index contributed by atoms with van der Waals surface area (Å²) in [6.07, 6.45) is 1.96. The van der Waals surface area contributed by atoms with Crippen molar-refractivity contribution in [2.24, 2.45) is 13.0 Å². The first-order chi connectivity index (χ1) is 11.1. The average molecular weight is 313 g/mol. The molecule has 0 saturated carbocycles. The number of carbonyl (C=O) groups is 1. The zero-order chi connectivity index (χ0) is 16.2. The van der Waals surface area contributed by atoms with Crippen molar-refractivity contribution in [3.63, 3.8) is 0 Å². The molecule has 1 aromatic carbocycles. The molecule has 0 aliphatic carbocycles. The molecule has 2 heterocycles. The maximum Gasteiger partial charge on any atom is 0.272 e. The lowest BCUT2D eigenvalue weighted by Crippen LogP contribution is -2.40. The Morgan fingerprint density at radius 3 is 2.57 bits per heavy atom.